The number of alkyl halides is 3. The van der Waals surface area contributed by atoms with Crippen LogP contribution >= 0.6 is 0 Å². The molecule has 1 heterocycles. The Bertz CT molecular complexity index is 324. The van der Waals surface area contributed by atoms with Crippen LogP contribution in [-0.4, -0.2) is 22.9 Å². The van der Waals surface area contributed by atoms with E-state index in [4.69, 9.17) is 4.52 Å². The third kappa shape index (κ3) is 4.18. The van der Waals surface area contributed by atoms with E-state index in [1.807, 2.05) is 13.8 Å². The van der Waals surface area contributed by atoms with Gasteiger partial charge in [-0.25, -0.2) is 0 Å². The molecule has 0 aliphatic rings. The van der Waals surface area contributed by atoms with Gasteiger partial charge in [0.2, 0.25) is 5.89 Å². The minimum absolute atomic E-state index is 0.0665. The van der Waals surface area contributed by atoms with Crippen molar-refractivity contribution in [3.05, 3.63) is 11.7 Å². The lowest BCUT2D eigenvalue weighted by Crippen LogP contribution is -2.28. The lowest BCUT2D eigenvalue weighted by Gasteiger charge is -2.05. The van der Waals surface area contributed by atoms with Gasteiger partial charge in [0, 0.05) is 5.92 Å². The molecule has 4 nitrogen and oxygen atoms in total. The van der Waals surface area contributed by atoms with Crippen molar-refractivity contribution in [2.75, 3.05) is 6.54 Å². The number of nitrogens with one attached hydrogen (secondary N) is 1. The van der Waals surface area contributed by atoms with E-state index in [1.165, 1.54) is 0 Å². The molecule has 1 aromatic rings. The summed E-state index contributed by atoms with van der Waals surface area (Å²) in [4.78, 5) is 3.99. The van der Waals surface area contributed by atoms with Gasteiger partial charge < -0.3 is 9.84 Å². The zero-order valence-corrected chi connectivity index (χ0v) is 9.14. The van der Waals surface area contributed by atoms with Crippen LogP contribution in [0, 0.1) is 0 Å². The Balaban J connectivity index is 2.41. The summed E-state index contributed by atoms with van der Waals surface area (Å²) in [7, 11) is 0. The Hall–Kier alpha value is -1.11. The SMILES string of the molecule is CCC(C)c1noc(CNCC(F)(F)F)n1. The van der Waals surface area contributed by atoms with Gasteiger partial charge in [-0.05, 0) is 6.42 Å². The number of halogens is 3. The van der Waals surface area contributed by atoms with Crippen LogP contribution in [0.5, 0.6) is 0 Å². The molecule has 0 aliphatic heterocycles. The van der Waals surface area contributed by atoms with Crippen LogP contribution in [0.4, 0.5) is 13.2 Å². The van der Waals surface area contributed by atoms with E-state index in [9.17, 15) is 13.2 Å². The van der Waals surface area contributed by atoms with Crippen molar-refractivity contribution < 1.29 is 17.7 Å². The van der Waals surface area contributed by atoms with E-state index >= 15 is 0 Å². The summed E-state index contributed by atoms with van der Waals surface area (Å²) < 4.78 is 40.3. The van der Waals surface area contributed by atoms with Crippen molar-refractivity contribution >= 4 is 0 Å². The minimum atomic E-state index is -4.22. The van der Waals surface area contributed by atoms with Gasteiger partial charge in [-0.2, -0.15) is 18.2 Å². The summed E-state index contributed by atoms with van der Waals surface area (Å²) in [5.41, 5.74) is 0. The molecule has 7 heteroatoms. The Morgan fingerprint density at radius 3 is 2.69 bits per heavy atom. The summed E-state index contributed by atoms with van der Waals surface area (Å²) in [6, 6.07) is 0. The zero-order valence-electron chi connectivity index (χ0n) is 9.14. The van der Waals surface area contributed by atoms with E-state index < -0.39 is 12.7 Å². The molecule has 0 bridgehead atoms. The first-order valence-corrected chi connectivity index (χ1v) is 5.02. The summed E-state index contributed by atoms with van der Waals surface area (Å²) in [5, 5.41) is 5.89. The molecule has 0 amide bonds. The molecule has 1 unspecified atom stereocenters. The molecule has 0 radical (unpaired) electrons. The second-order valence-electron chi connectivity index (χ2n) is 3.57. The molecule has 0 aromatic carbocycles. The maximum atomic E-state index is 11.8. The van der Waals surface area contributed by atoms with Crippen molar-refractivity contribution in [2.24, 2.45) is 0 Å². The summed E-state index contributed by atoms with van der Waals surface area (Å²) in [5.74, 6) is 0.867. The molecule has 1 aromatic heterocycles. The smallest absolute Gasteiger partial charge is 0.338 e. The highest BCUT2D eigenvalue weighted by molar-refractivity contribution is 4.92. The largest absolute Gasteiger partial charge is 0.401 e. The van der Waals surface area contributed by atoms with E-state index in [0.717, 1.165) is 6.42 Å². The monoisotopic (exact) mass is 237 g/mol. The summed E-state index contributed by atoms with van der Waals surface area (Å²) >= 11 is 0. The number of hydrogen-bond donors (Lipinski definition) is 1. The lowest BCUT2D eigenvalue weighted by atomic mass is 10.1. The molecule has 1 rings (SSSR count). The van der Waals surface area contributed by atoms with E-state index in [1.54, 1.807) is 0 Å². The van der Waals surface area contributed by atoms with Gasteiger partial charge in [0.1, 0.15) is 0 Å². The zero-order chi connectivity index (χ0) is 12.2. The minimum Gasteiger partial charge on any atom is -0.338 e. The van der Waals surface area contributed by atoms with Crippen LogP contribution in [0.3, 0.4) is 0 Å². The predicted octanol–water partition coefficient (Wildman–Crippen LogP) is 2.24. The van der Waals surface area contributed by atoms with Crippen LogP contribution in [0.2, 0.25) is 0 Å². The summed E-state index contributed by atoms with van der Waals surface area (Å²) in [6.45, 7) is 2.78. The van der Waals surface area contributed by atoms with Gasteiger partial charge in [0.15, 0.2) is 5.82 Å². The molecule has 1 atom stereocenters. The molecule has 1 N–H and O–H groups in total. The molecule has 92 valence electrons. The third-order valence-corrected chi connectivity index (χ3v) is 2.14. The standard InChI is InChI=1S/C9H14F3N3O/c1-3-6(2)8-14-7(16-15-8)4-13-5-9(10,11)12/h6,13H,3-5H2,1-2H3. The van der Waals surface area contributed by atoms with Crippen LogP contribution in [-0.2, 0) is 6.54 Å². The highest BCUT2D eigenvalue weighted by atomic mass is 19.4. The number of nitrogens with zero attached hydrogens (tertiary/aromatic N) is 2. The average Bonchev–Trinajstić information content (AvgIpc) is 2.63. The van der Waals surface area contributed by atoms with Crippen molar-refractivity contribution in [1.29, 1.82) is 0 Å². The van der Waals surface area contributed by atoms with Gasteiger partial charge >= 0.3 is 6.18 Å². The number of rotatable bonds is 5. The number of hydrogen-bond acceptors (Lipinski definition) is 4. The maximum absolute atomic E-state index is 11.8. The molecule has 0 aliphatic carbocycles. The average molecular weight is 237 g/mol. The van der Waals surface area contributed by atoms with Crippen LogP contribution in [0.1, 0.15) is 37.9 Å². The van der Waals surface area contributed by atoms with E-state index in [0.29, 0.717) is 5.82 Å². The van der Waals surface area contributed by atoms with Gasteiger partial charge in [-0.1, -0.05) is 19.0 Å². The molecular formula is C9H14F3N3O. The topological polar surface area (TPSA) is 51.0 Å². The van der Waals surface area contributed by atoms with Crippen molar-refractivity contribution in [1.82, 2.24) is 15.5 Å². The highest BCUT2D eigenvalue weighted by Crippen LogP contribution is 2.15. The van der Waals surface area contributed by atoms with E-state index in [2.05, 4.69) is 15.5 Å². The number of aromatic nitrogens is 2. The Kier molecular flexibility index (Phi) is 4.28. The van der Waals surface area contributed by atoms with Crippen LogP contribution < -0.4 is 5.32 Å². The fraction of sp³-hybridized carbons (Fsp3) is 0.778. The fourth-order valence-electron chi connectivity index (χ4n) is 1.03. The van der Waals surface area contributed by atoms with E-state index in [-0.39, 0.29) is 18.4 Å². The quantitative estimate of drug-likeness (QED) is 0.853. The lowest BCUT2D eigenvalue weighted by molar-refractivity contribution is -0.125. The van der Waals surface area contributed by atoms with Crippen molar-refractivity contribution in [3.8, 4) is 0 Å². The summed E-state index contributed by atoms with van der Waals surface area (Å²) in [6.07, 6.45) is -3.37. The Morgan fingerprint density at radius 1 is 1.44 bits per heavy atom. The van der Waals surface area contributed by atoms with Crippen LogP contribution in [0.25, 0.3) is 0 Å². The molecule has 0 fully saturated rings. The van der Waals surface area contributed by atoms with Gasteiger partial charge in [0.25, 0.3) is 0 Å². The molecular weight excluding hydrogens is 223 g/mol. The van der Waals surface area contributed by atoms with Crippen LogP contribution in [0.15, 0.2) is 4.52 Å². The first-order chi connectivity index (χ1) is 7.42. The van der Waals surface area contributed by atoms with Crippen molar-refractivity contribution in [3.63, 3.8) is 0 Å². The van der Waals surface area contributed by atoms with Gasteiger partial charge in [-0.3, -0.25) is 0 Å². The van der Waals surface area contributed by atoms with Gasteiger partial charge in [0.05, 0.1) is 13.1 Å². The maximum Gasteiger partial charge on any atom is 0.401 e. The normalized spacial score (nSPS) is 14.1. The predicted molar refractivity (Wildman–Crippen MR) is 50.8 cm³/mol. The Labute approximate surface area is 91.2 Å². The molecule has 0 saturated heterocycles. The van der Waals surface area contributed by atoms with Crippen molar-refractivity contribution in [2.45, 2.75) is 38.9 Å². The third-order valence-electron chi connectivity index (χ3n) is 2.14. The second-order valence-corrected chi connectivity index (χ2v) is 3.57. The first-order valence-electron chi connectivity index (χ1n) is 5.02. The first kappa shape index (κ1) is 13.0. The Morgan fingerprint density at radius 2 is 2.12 bits per heavy atom. The molecule has 16 heavy (non-hydrogen) atoms. The second kappa shape index (κ2) is 5.29. The highest BCUT2D eigenvalue weighted by Gasteiger charge is 2.26. The fourth-order valence-corrected chi connectivity index (χ4v) is 1.03. The van der Waals surface area contributed by atoms with Gasteiger partial charge in [-0.15, -0.1) is 0 Å². The molecule has 0 spiro atoms. The molecule has 0 saturated carbocycles.